The Morgan fingerprint density at radius 3 is 2.19 bits per heavy atom. The third kappa shape index (κ3) is 2.22. The predicted octanol–water partition coefficient (Wildman–Crippen LogP) is 3.52. The number of hydrogen-bond donors (Lipinski definition) is 2. The molecule has 2 N–H and O–H groups in total. The molecular weight excluding hydrogens is 200 g/mol. The van der Waals surface area contributed by atoms with Crippen molar-refractivity contribution in [3.8, 4) is 5.75 Å². The van der Waals surface area contributed by atoms with Gasteiger partial charge >= 0.3 is 0 Å². The Morgan fingerprint density at radius 1 is 1.19 bits per heavy atom. The first kappa shape index (κ1) is 13.0. The second-order valence-electron chi connectivity index (χ2n) is 4.64. The number of aromatic hydroxyl groups is 1. The van der Waals surface area contributed by atoms with Gasteiger partial charge in [0.25, 0.3) is 0 Å². The number of rotatable bonds is 4. The molecule has 0 spiro atoms. The average molecular weight is 222 g/mol. The molecule has 0 unspecified atom stereocenters. The van der Waals surface area contributed by atoms with Crippen molar-refractivity contribution in [3.63, 3.8) is 0 Å². The highest BCUT2D eigenvalue weighted by Gasteiger charge is 2.29. The number of aliphatic hydroxyl groups is 1. The molecule has 90 valence electrons. The van der Waals surface area contributed by atoms with E-state index >= 15 is 0 Å². The van der Waals surface area contributed by atoms with Crippen molar-refractivity contribution in [2.75, 3.05) is 0 Å². The second kappa shape index (κ2) is 4.88. The molecule has 2 heteroatoms. The Morgan fingerprint density at radius 2 is 1.75 bits per heavy atom. The molecule has 1 aromatic rings. The third-order valence-corrected chi connectivity index (χ3v) is 3.36. The molecule has 1 rings (SSSR count). The molecule has 1 aromatic carbocycles. The van der Waals surface area contributed by atoms with Gasteiger partial charge in [-0.1, -0.05) is 45.9 Å². The first-order chi connectivity index (χ1) is 7.46. The van der Waals surface area contributed by atoms with Crippen LogP contribution in [-0.4, -0.2) is 10.2 Å². The fraction of sp³-hybridized carbons (Fsp3) is 0.571. The Balaban J connectivity index is 3.30. The van der Waals surface area contributed by atoms with Crippen molar-refractivity contribution in [1.82, 2.24) is 0 Å². The van der Waals surface area contributed by atoms with E-state index in [9.17, 15) is 10.2 Å². The molecule has 0 fully saturated rings. The van der Waals surface area contributed by atoms with Crippen LogP contribution < -0.4 is 0 Å². The normalized spacial score (nSPS) is 12.1. The van der Waals surface area contributed by atoms with Gasteiger partial charge in [-0.25, -0.2) is 0 Å². The van der Waals surface area contributed by atoms with Crippen LogP contribution in [0.4, 0.5) is 0 Å². The summed E-state index contributed by atoms with van der Waals surface area (Å²) in [7, 11) is 0. The topological polar surface area (TPSA) is 40.5 Å². The van der Waals surface area contributed by atoms with E-state index in [2.05, 4.69) is 0 Å². The molecule has 2 nitrogen and oxygen atoms in total. The second-order valence-corrected chi connectivity index (χ2v) is 4.64. The zero-order valence-corrected chi connectivity index (χ0v) is 10.6. The number of phenolic OH excluding ortho intramolecular Hbond substituents is 1. The van der Waals surface area contributed by atoms with Crippen LogP contribution in [0.15, 0.2) is 18.2 Å². The van der Waals surface area contributed by atoms with Gasteiger partial charge in [-0.2, -0.15) is 0 Å². The van der Waals surface area contributed by atoms with Crippen LogP contribution in [0.25, 0.3) is 0 Å². The minimum absolute atomic E-state index is 0.253. The van der Waals surface area contributed by atoms with Crippen molar-refractivity contribution < 1.29 is 10.2 Å². The van der Waals surface area contributed by atoms with Crippen LogP contribution in [0.3, 0.4) is 0 Å². The maximum Gasteiger partial charge on any atom is 0.125 e. The molecule has 0 saturated heterocycles. The van der Waals surface area contributed by atoms with Gasteiger partial charge in [0, 0.05) is 5.56 Å². The fourth-order valence-electron chi connectivity index (χ4n) is 2.03. The summed E-state index contributed by atoms with van der Waals surface area (Å²) in [6.07, 6.45) is 1.22. The Bertz CT molecular complexity index is 352. The minimum atomic E-state index is -0.908. The van der Waals surface area contributed by atoms with E-state index in [1.54, 1.807) is 0 Å². The van der Waals surface area contributed by atoms with Crippen LogP contribution in [0.2, 0.25) is 0 Å². The molecule has 0 aromatic heterocycles. The zero-order chi connectivity index (χ0) is 12.3. The number of benzene rings is 1. The molecule has 0 amide bonds. The van der Waals surface area contributed by atoms with Crippen LogP contribution in [0, 0.1) is 0 Å². The lowest BCUT2D eigenvalue weighted by molar-refractivity contribution is 0.0260. The Labute approximate surface area is 97.9 Å². The predicted molar refractivity (Wildman–Crippen MR) is 66.7 cm³/mol. The monoisotopic (exact) mass is 222 g/mol. The van der Waals surface area contributed by atoms with Crippen LogP contribution in [-0.2, 0) is 5.60 Å². The molecule has 0 bridgehead atoms. The molecule has 0 heterocycles. The summed E-state index contributed by atoms with van der Waals surface area (Å²) in [5, 5.41) is 20.6. The molecule has 0 saturated carbocycles. The van der Waals surface area contributed by atoms with Gasteiger partial charge in [-0.05, 0) is 24.3 Å². The van der Waals surface area contributed by atoms with Gasteiger partial charge in [0.2, 0.25) is 0 Å². The van der Waals surface area contributed by atoms with E-state index in [1.807, 2.05) is 45.9 Å². The SMILES string of the molecule is CCC(O)(CC)c1cccc(C(C)C)c1O. The van der Waals surface area contributed by atoms with E-state index in [-0.39, 0.29) is 11.7 Å². The maximum absolute atomic E-state index is 10.4. The molecule has 0 aliphatic rings. The molecule has 0 aliphatic heterocycles. The van der Waals surface area contributed by atoms with E-state index < -0.39 is 5.60 Å². The molecule has 0 aliphatic carbocycles. The van der Waals surface area contributed by atoms with Gasteiger partial charge < -0.3 is 10.2 Å². The smallest absolute Gasteiger partial charge is 0.125 e. The summed E-state index contributed by atoms with van der Waals surface area (Å²) in [6.45, 7) is 7.95. The first-order valence-corrected chi connectivity index (χ1v) is 6.01. The maximum atomic E-state index is 10.4. The summed E-state index contributed by atoms with van der Waals surface area (Å²) in [4.78, 5) is 0. The van der Waals surface area contributed by atoms with Crippen LogP contribution in [0.5, 0.6) is 5.75 Å². The summed E-state index contributed by atoms with van der Waals surface area (Å²) in [5.74, 6) is 0.515. The number of para-hydroxylation sites is 1. The average Bonchev–Trinajstić information content (AvgIpc) is 2.28. The number of hydrogen-bond acceptors (Lipinski definition) is 2. The lowest BCUT2D eigenvalue weighted by Gasteiger charge is -2.27. The highest BCUT2D eigenvalue weighted by atomic mass is 16.3. The third-order valence-electron chi connectivity index (χ3n) is 3.36. The van der Waals surface area contributed by atoms with Gasteiger partial charge in [0.15, 0.2) is 0 Å². The highest BCUT2D eigenvalue weighted by Crippen LogP contribution is 2.38. The highest BCUT2D eigenvalue weighted by molar-refractivity contribution is 5.45. The van der Waals surface area contributed by atoms with Crippen molar-refractivity contribution in [1.29, 1.82) is 0 Å². The number of phenols is 1. The lowest BCUT2D eigenvalue weighted by atomic mass is 9.85. The van der Waals surface area contributed by atoms with Crippen molar-refractivity contribution >= 4 is 0 Å². The van der Waals surface area contributed by atoms with Gasteiger partial charge in [-0.15, -0.1) is 0 Å². The van der Waals surface area contributed by atoms with E-state index in [0.717, 1.165) is 5.56 Å². The Kier molecular flexibility index (Phi) is 3.98. The van der Waals surface area contributed by atoms with Crippen LogP contribution in [0.1, 0.15) is 57.6 Å². The summed E-state index contributed by atoms with van der Waals surface area (Å²) >= 11 is 0. The standard InChI is InChI=1S/C14H22O2/c1-5-14(16,6-2)12-9-7-8-11(10(3)4)13(12)15/h7-10,15-16H,5-6H2,1-4H3. The fourth-order valence-corrected chi connectivity index (χ4v) is 2.03. The molecule has 16 heavy (non-hydrogen) atoms. The quantitative estimate of drug-likeness (QED) is 0.818. The van der Waals surface area contributed by atoms with Crippen LogP contribution >= 0.6 is 0 Å². The summed E-state index contributed by atoms with van der Waals surface area (Å²) < 4.78 is 0. The van der Waals surface area contributed by atoms with Crippen molar-refractivity contribution in [2.24, 2.45) is 0 Å². The molecule has 0 radical (unpaired) electrons. The largest absolute Gasteiger partial charge is 0.507 e. The lowest BCUT2D eigenvalue weighted by Crippen LogP contribution is -2.23. The van der Waals surface area contributed by atoms with Crippen molar-refractivity contribution in [3.05, 3.63) is 29.3 Å². The molecular formula is C14H22O2. The summed E-state index contributed by atoms with van der Waals surface area (Å²) in [6, 6.07) is 5.63. The van der Waals surface area contributed by atoms with Crippen molar-refractivity contribution in [2.45, 2.75) is 52.1 Å². The van der Waals surface area contributed by atoms with E-state index in [1.165, 1.54) is 0 Å². The van der Waals surface area contributed by atoms with E-state index in [0.29, 0.717) is 18.4 Å². The minimum Gasteiger partial charge on any atom is -0.507 e. The zero-order valence-electron chi connectivity index (χ0n) is 10.6. The van der Waals surface area contributed by atoms with E-state index in [4.69, 9.17) is 0 Å². The summed E-state index contributed by atoms with van der Waals surface area (Å²) in [5.41, 5.74) is 0.649. The first-order valence-electron chi connectivity index (χ1n) is 6.01. The van der Waals surface area contributed by atoms with Gasteiger partial charge in [-0.3, -0.25) is 0 Å². The molecule has 0 atom stereocenters. The van der Waals surface area contributed by atoms with Gasteiger partial charge in [0.05, 0.1) is 5.60 Å². The van der Waals surface area contributed by atoms with Gasteiger partial charge in [0.1, 0.15) is 5.75 Å². The Hall–Kier alpha value is -1.02.